The third-order valence-corrected chi connectivity index (χ3v) is 3.04. The molecule has 0 saturated heterocycles. The maximum Gasteiger partial charge on any atom is 0.231 e. The van der Waals surface area contributed by atoms with Crippen LogP contribution in [0.1, 0.15) is 0 Å². The molecule has 0 atom stereocenters. The van der Waals surface area contributed by atoms with Gasteiger partial charge in [-0.25, -0.2) is 0 Å². The summed E-state index contributed by atoms with van der Waals surface area (Å²) >= 11 is 3.48. The predicted octanol–water partition coefficient (Wildman–Crippen LogP) is 3.24. The summed E-state index contributed by atoms with van der Waals surface area (Å²) in [7, 11) is 0. The average molecular weight is 278 g/mol. The van der Waals surface area contributed by atoms with Crippen molar-refractivity contribution < 1.29 is 9.47 Å². The SMILES string of the molecule is Brc1cccnc1-c1ccc2c(c1)OCO2. The van der Waals surface area contributed by atoms with Gasteiger partial charge in [0, 0.05) is 16.2 Å². The second-order valence-electron chi connectivity index (χ2n) is 3.40. The third kappa shape index (κ3) is 1.55. The quantitative estimate of drug-likeness (QED) is 0.802. The second kappa shape index (κ2) is 3.79. The van der Waals surface area contributed by atoms with Crippen molar-refractivity contribution in [3.8, 4) is 22.8 Å². The van der Waals surface area contributed by atoms with Gasteiger partial charge in [-0.1, -0.05) is 0 Å². The van der Waals surface area contributed by atoms with E-state index in [9.17, 15) is 0 Å². The molecule has 1 aliphatic rings. The average Bonchev–Trinajstić information content (AvgIpc) is 2.76. The fraction of sp³-hybridized carbons (Fsp3) is 0.0833. The van der Waals surface area contributed by atoms with Crippen LogP contribution in [0.3, 0.4) is 0 Å². The zero-order chi connectivity index (χ0) is 11.0. The highest BCUT2D eigenvalue weighted by atomic mass is 79.9. The molecular weight excluding hydrogens is 270 g/mol. The highest BCUT2D eigenvalue weighted by molar-refractivity contribution is 9.10. The molecule has 4 heteroatoms. The van der Waals surface area contributed by atoms with E-state index in [-0.39, 0.29) is 0 Å². The van der Waals surface area contributed by atoms with Crippen LogP contribution in [0.15, 0.2) is 41.0 Å². The van der Waals surface area contributed by atoms with E-state index in [1.807, 2.05) is 30.3 Å². The van der Waals surface area contributed by atoms with Gasteiger partial charge < -0.3 is 9.47 Å². The van der Waals surface area contributed by atoms with Crippen LogP contribution in [0.5, 0.6) is 11.5 Å². The third-order valence-electron chi connectivity index (χ3n) is 2.40. The van der Waals surface area contributed by atoms with Crippen molar-refractivity contribution in [2.24, 2.45) is 0 Å². The number of hydrogen-bond donors (Lipinski definition) is 0. The van der Waals surface area contributed by atoms with Gasteiger partial charge in [0.2, 0.25) is 6.79 Å². The van der Waals surface area contributed by atoms with Crippen molar-refractivity contribution in [3.63, 3.8) is 0 Å². The molecule has 1 aromatic carbocycles. The number of nitrogens with zero attached hydrogens (tertiary/aromatic N) is 1. The Kier molecular flexibility index (Phi) is 2.29. The zero-order valence-corrected chi connectivity index (χ0v) is 9.90. The van der Waals surface area contributed by atoms with Crippen LogP contribution in [0.4, 0.5) is 0 Å². The Morgan fingerprint density at radius 3 is 2.88 bits per heavy atom. The van der Waals surface area contributed by atoms with Gasteiger partial charge >= 0.3 is 0 Å². The summed E-state index contributed by atoms with van der Waals surface area (Å²) < 4.78 is 11.6. The molecule has 3 rings (SSSR count). The van der Waals surface area contributed by atoms with Gasteiger partial charge in [0.1, 0.15) is 0 Å². The standard InChI is InChI=1S/C12H8BrNO2/c13-9-2-1-5-14-12(9)8-3-4-10-11(6-8)16-7-15-10/h1-6H,7H2. The smallest absolute Gasteiger partial charge is 0.231 e. The first-order chi connectivity index (χ1) is 7.84. The maximum absolute atomic E-state index is 5.34. The number of rotatable bonds is 1. The molecule has 80 valence electrons. The fourth-order valence-corrected chi connectivity index (χ4v) is 2.13. The summed E-state index contributed by atoms with van der Waals surface area (Å²) in [5.74, 6) is 1.56. The lowest BCUT2D eigenvalue weighted by Crippen LogP contribution is -1.92. The van der Waals surface area contributed by atoms with Crippen molar-refractivity contribution in [1.29, 1.82) is 0 Å². The Hall–Kier alpha value is -1.55. The number of pyridine rings is 1. The predicted molar refractivity (Wildman–Crippen MR) is 63.5 cm³/mol. The largest absolute Gasteiger partial charge is 0.454 e. The molecule has 2 heterocycles. The van der Waals surface area contributed by atoms with Crippen molar-refractivity contribution in [3.05, 3.63) is 41.0 Å². The van der Waals surface area contributed by atoms with Crippen LogP contribution < -0.4 is 9.47 Å². The molecule has 16 heavy (non-hydrogen) atoms. The molecule has 2 aromatic rings. The molecule has 0 unspecified atom stereocenters. The number of halogens is 1. The summed E-state index contributed by atoms with van der Waals surface area (Å²) in [6, 6.07) is 9.67. The van der Waals surface area contributed by atoms with Crippen LogP contribution in [0, 0.1) is 0 Å². The highest BCUT2D eigenvalue weighted by Gasteiger charge is 2.14. The summed E-state index contributed by atoms with van der Waals surface area (Å²) in [6.45, 7) is 0.294. The number of aromatic nitrogens is 1. The Balaban J connectivity index is 2.11. The van der Waals surface area contributed by atoms with E-state index >= 15 is 0 Å². The van der Waals surface area contributed by atoms with E-state index in [2.05, 4.69) is 20.9 Å². The molecule has 0 N–H and O–H groups in total. The summed E-state index contributed by atoms with van der Waals surface area (Å²) in [6.07, 6.45) is 1.77. The minimum absolute atomic E-state index is 0.294. The summed E-state index contributed by atoms with van der Waals surface area (Å²) in [5, 5.41) is 0. The van der Waals surface area contributed by atoms with E-state index in [4.69, 9.17) is 9.47 Å². The maximum atomic E-state index is 5.34. The number of benzene rings is 1. The molecule has 0 amide bonds. The second-order valence-corrected chi connectivity index (χ2v) is 4.26. The Morgan fingerprint density at radius 2 is 2.00 bits per heavy atom. The molecule has 1 aromatic heterocycles. The fourth-order valence-electron chi connectivity index (χ4n) is 1.64. The van der Waals surface area contributed by atoms with Crippen molar-refractivity contribution in [2.45, 2.75) is 0 Å². The summed E-state index contributed by atoms with van der Waals surface area (Å²) in [5.41, 5.74) is 1.91. The highest BCUT2D eigenvalue weighted by Crippen LogP contribution is 2.36. The first kappa shape index (κ1) is 9.66. The van der Waals surface area contributed by atoms with Gasteiger partial charge in [-0.05, 0) is 46.3 Å². The van der Waals surface area contributed by atoms with Crippen LogP contribution in [-0.2, 0) is 0 Å². The Bertz CT molecular complexity index is 542. The molecule has 0 radical (unpaired) electrons. The van der Waals surface area contributed by atoms with E-state index in [0.29, 0.717) is 6.79 Å². The lowest BCUT2D eigenvalue weighted by molar-refractivity contribution is 0.174. The molecule has 0 spiro atoms. The molecule has 0 bridgehead atoms. The van der Waals surface area contributed by atoms with Gasteiger partial charge in [-0.2, -0.15) is 0 Å². The van der Waals surface area contributed by atoms with Crippen LogP contribution in [0.25, 0.3) is 11.3 Å². The minimum Gasteiger partial charge on any atom is -0.454 e. The minimum atomic E-state index is 0.294. The van der Waals surface area contributed by atoms with E-state index < -0.39 is 0 Å². The molecule has 0 aliphatic carbocycles. The number of fused-ring (bicyclic) bond motifs is 1. The first-order valence-corrected chi connectivity index (χ1v) is 5.64. The summed E-state index contributed by atoms with van der Waals surface area (Å²) in [4.78, 5) is 4.33. The molecule has 0 fully saturated rings. The van der Waals surface area contributed by atoms with Gasteiger partial charge in [0.25, 0.3) is 0 Å². The van der Waals surface area contributed by atoms with Gasteiger partial charge in [0.15, 0.2) is 11.5 Å². The van der Waals surface area contributed by atoms with E-state index in [1.165, 1.54) is 0 Å². The molecule has 0 saturated carbocycles. The van der Waals surface area contributed by atoms with Crippen molar-refractivity contribution in [2.75, 3.05) is 6.79 Å². The molecule has 1 aliphatic heterocycles. The zero-order valence-electron chi connectivity index (χ0n) is 8.31. The van der Waals surface area contributed by atoms with E-state index in [0.717, 1.165) is 27.2 Å². The monoisotopic (exact) mass is 277 g/mol. The van der Waals surface area contributed by atoms with Gasteiger partial charge in [-0.3, -0.25) is 4.98 Å². The van der Waals surface area contributed by atoms with Crippen molar-refractivity contribution in [1.82, 2.24) is 4.98 Å². The van der Waals surface area contributed by atoms with E-state index in [1.54, 1.807) is 6.20 Å². The van der Waals surface area contributed by atoms with Crippen molar-refractivity contribution >= 4 is 15.9 Å². The number of hydrogen-bond acceptors (Lipinski definition) is 3. The first-order valence-electron chi connectivity index (χ1n) is 4.85. The van der Waals surface area contributed by atoms with Gasteiger partial charge in [0.05, 0.1) is 5.69 Å². The van der Waals surface area contributed by atoms with Crippen LogP contribution >= 0.6 is 15.9 Å². The van der Waals surface area contributed by atoms with Crippen LogP contribution in [0.2, 0.25) is 0 Å². The van der Waals surface area contributed by atoms with Gasteiger partial charge in [-0.15, -0.1) is 0 Å². The van der Waals surface area contributed by atoms with Crippen LogP contribution in [-0.4, -0.2) is 11.8 Å². The molecular formula is C12H8BrNO2. The lowest BCUT2D eigenvalue weighted by atomic mass is 10.1. The normalized spacial score (nSPS) is 12.8. The Morgan fingerprint density at radius 1 is 1.12 bits per heavy atom. The molecule has 3 nitrogen and oxygen atoms in total. The lowest BCUT2D eigenvalue weighted by Gasteiger charge is -2.04. The number of ether oxygens (including phenoxy) is 2. The topological polar surface area (TPSA) is 31.4 Å². The Labute approximate surface area is 101 Å².